The van der Waals surface area contributed by atoms with Crippen molar-refractivity contribution < 1.29 is 14.2 Å². The maximum atomic E-state index is 14.4. The van der Waals surface area contributed by atoms with E-state index in [0.717, 1.165) is 78.6 Å². The molecule has 0 amide bonds. The van der Waals surface area contributed by atoms with Crippen molar-refractivity contribution in [2.45, 2.75) is 55.9 Å². The highest BCUT2D eigenvalue weighted by molar-refractivity contribution is 6.02. The van der Waals surface area contributed by atoms with Crippen LogP contribution >= 0.6 is 0 Å². The number of terminal acetylenes is 1. The van der Waals surface area contributed by atoms with Crippen LogP contribution in [0.25, 0.3) is 32.9 Å². The second-order valence-electron chi connectivity index (χ2n) is 12.4. The molecule has 0 spiro atoms. The van der Waals surface area contributed by atoms with Gasteiger partial charge in [-0.2, -0.15) is 9.97 Å². The third-order valence-electron chi connectivity index (χ3n) is 9.67. The molecule has 3 unspecified atom stereocenters. The number of benzene rings is 2. The molecular formula is C33H33FN6O2. The number of nitrogens with zero attached hydrogens (tertiary/aromatic N) is 5. The number of hydrogen-bond acceptors (Lipinski definition) is 8. The zero-order valence-corrected chi connectivity index (χ0v) is 23.4. The van der Waals surface area contributed by atoms with Gasteiger partial charge in [-0.25, -0.2) is 4.39 Å². The van der Waals surface area contributed by atoms with Crippen LogP contribution in [0.1, 0.15) is 37.7 Å². The van der Waals surface area contributed by atoms with E-state index in [1.54, 1.807) is 12.1 Å². The number of alkyl halides is 1. The first-order valence-electron chi connectivity index (χ1n) is 14.9. The monoisotopic (exact) mass is 564 g/mol. The topological polar surface area (TPSA) is 86.6 Å². The Hall–Kier alpha value is -4.00. The largest absolute Gasteiger partial charge is 0.508 e. The number of pyridine rings is 1. The zero-order chi connectivity index (χ0) is 28.4. The van der Waals surface area contributed by atoms with Gasteiger partial charge in [0.1, 0.15) is 24.0 Å². The number of phenols is 1. The van der Waals surface area contributed by atoms with Crippen molar-refractivity contribution in [1.82, 2.24) is 25.2 Å². The first-order valence-corrected chi connectivity index (χ1v) is 14.9. The Morgan fingerprint density at radius 1 is 1.14 bits per heavy atom. The van der Waals surface area contributed by atoms with E-state index in [1.165, 1.54) is 0 Å². The van der Waals surface area contributed by atoms with Crippen molar-refractivity contribution in [3.63, 3.8) is 0 Å². The molecule has 214 valence electrons. The lowest BCUT2D eigenvalue weighted by atomic mass is 9.95. The molecule has 2 aromatic heterocycles. The van der Waals surface area contributed by atoms with Crippen molar-refractivity contribution in [2.24, 2.45) is 0 Å². The predicted octanol–water partition coefficient (Wildman–Crippen LogP) is 4.43. The number of aromatic hydroxyl groups is 1. The summed E-state index contributed by atoms with van der Waals surface area (Å²) in [5, 5.41) is 16.0. The molecule has 8 nitrogen and oxygen atoms in total. The first-order chi connectivity index (χ1) is 20.5. The van der Waals surface area contributed by atoms with Crippen LogP contribution in [0.2, 0.25) is 0 Å². The summed E-state index contributed by atoms with van der Waals surface area (Å²) in [6.45, 7) is 3.43. The van der Waals surface area contributed by atoms with E-state index in [2.05, 4.69) is 21.0 Å². The molecule has 2 N–H and O–H groups in total. The van der Waals surface area contributed by atoms with Crippen molar-refractivity contribution in [1.29, 1.82) is 0 Å². The highest BCUT2D eigenvalue weighted by Crippen LogP contribution is 2.41. The molecule has 0 radical (unpaired) electrons. The number of aromatic nitrogens is 3. The minimum Gasteiger partial charge on any atom is -0.508 e. The summed E-state index contributed by atoms with van der Waals surface area (Å²) in [7, 11) is 0. The highest BCUT2D eigenvalue weighted by atomic mass is 19.1. The van der Waals surface area contributed by atoms with Crippen LogP contribution in [0.5, 0.6) is 11.8 Å². The molecule has 4 aliphatic heterocycles. The molecule has 4 saturated heterocycles. The predicted molar refractivity (Wildman–Crippen MR) is 161 cm³/mol. The molecule has 4 aliphatic rings. The molecule has 6 heterocycles. The molecular weight excluding hydrogens is 531 g/mol. The van der Waals surface area contributed by atoms with E-state index in [9.17, 15) is 9.50 Å². The van der Waals surface area contributed by atoms with Crippen LogP contribution in [-0.2, 0) is 0 Å². The number of halogens is 1. The molecule has 0 saturated carbocycles. The van der Waals surface area contributed by atoms with E-state index in [1.807, 2.05) is 30.5 Å². The zero-order valence-electron chi connectivity index (χ0n) is 23.4. The van der Waals surface area contributed by atoms with Gasteiger partial charge in [0.15, 0.2) is 5.82 Å². The highest BCUT2D eigenvalue weighted by Gasteiger charge is 2.49. The van der Waals surface area contributed by atoms with E-state index in [0.29, 0.717) is 42.7 Å². The quantitative estimate of drug-likeness (QED) is 0.345. The van der Waals surface area contributed by atoms with Crippen LogP contribution in [-0.4, -0.2) is 81.5 Å². The second kappa shape index (κ2) is 9.79. The van der Waals surface area contributed by atoms with E-state index >= 15 is 0 Å². The average Bonchev–Trinajstić information content (AvgIpc) is 3.64. The lowest BCUT2D eigenvalue weighted by Gasteiger charge is -2.34. The Bertz CT molecular complexity index is 1740. The van der Waals surface area contributed by atoms with Crippen molar-refractivity contribution in [3.8, 4) is 35.2 Å². The van der Waals surface area contributed by atoms with Crippen molar-refractivity contribution >= 4 is 27.6 Å². The van der Waals surface area contributed by atoms with E-state index < -0.39 is 6.17 Å². The maximum absolute atomic E-state index is 14.4. The summed E-state index contributed by atoms with van der Waals surface area (Å²) in [5.74, 6) is 3.70. The number of rotatable bonds is 5. The van der Waals surface area contributed by atoms with Gasteiger partial charge in [0, 0.05) is 60.8 Å². The number of ether oxygens (including phenoxy) is 1. The minimum atomic E-state index is -0.824. The van der Waals surface area contributed by atoms with Gasteiger partial charge in [0.05, 0.1) is 11.1 Å². The molecule has 9 heteroatoms. The normalized spacial score (nSPS) is 27.0. The van der Waals surface area contributed by atoms with Gasteiger partial charge in [-0.05, 0) is 67.4 Å². The van der Waals surface area contributed by atoms with Crippen LogP contribution in [0.4, 0.5) is 10.2 Å². The number of fused-ring (bicyclic) bond motifs is 5. The van der Waals surface area contributed by atoms with Gasteiger partial charge >= 0.3 is 6.01 Å². The number of nitrogens with one attached hydrogen (secondary N) is 1. The minimum absolute atomic E-state index is 0.151. The van der Waals surface area contributed by atoms with E-state index in [-0.39, 0.29) is 17.3 Å². The molecule has 8 rings (SSSR count). The smallest absolute Gasteiger partial charge is 0.319 e. The summed E-state index contributed by atoms with van der Waals surface area (Å²) in [6.07, 6.45) is 11.6. The number of piperazine rings is 1. The van der Waals surface area contributed by atoms with Gasteiger partial charge in [-0.3, -0.25) is 9.88 Å². The summed E-state index contributed by atoms with van der Waals surface area (Å²) in [4.78, 5) is 19.2. The third-order valence-corrected chi connectivity index (χ3v) is 9.67. The fraction of sp³-hybridized carbons (Fsp3) is 0.424. The van der Waals surface area contributed by atoms with Gasteiger partial charge in [-0.1, -0.05) is 18.1 Å². The Labute approximate surface area is 243 Å². The Morgan fingerprint density at radius 3 is 2.83 bits per heavy atom. The molecule has 4 aromatic rings. The summed E-state index contributed by atoms with van der Waals surface area (Å²) in [6, 6.07) is 12.3. The Morgan fingerprint density at radius 2 is 2.00 bits per heavy atom. The van der Waals surface area contributed by atoms with Crippen LogP contribution < -0.4 is 15.0 Å². The van der Waals surface area contributed by atoms with E-state index in [4.69, 9.17) is 26.1 Å². The van der Waals surface area contributed by atoms with Gasteiger partial charge < -0.3 is 20.1 Å². The average molecular weight is 565 g/mol. The van der Waals surface area contributed by atoms with Crippen molar-refractivity contribution in [2.75, 3.05) is 37.7 Å². The fourth-order valence-electron chi connectivity index (χ4n) is 7.79. The SMILES string of the molecule is C#Cc1cccc2cc(O)cc(-c3cnc4c(N5CC6CCC(C5)N6)nc(OCC56CCCN5C[C@H](F)C6)nc4c3)c12. The molecule has 42 heavy (non-hydrogen) atoms. The molecule has 4 fully saturated rings. The molecule has 0 aliphatic carbocycles. The van der Waals surface area contributed by atoms with Gasteiger partial charge in [-0.15, -0.1) is 6.42 Å². The standard InChI is InChI=1S/C33H33FN6O2/c1-2-20-5-3-6-21-11-26(41)13-27(29(20)21)22-12-28-30(35-15-22)31(39-17-24-7-8-25(18-39)36-24)38-32(37-28)42-19-33-9-4-10-40(33)16-23(34)14-33/h1,3,5-6,11-13,15,23-25,36,41H,4,7-10,14,16-19H2/t23-,24?,25?,33?/m1/s1. The number of phenolic OH excluding ortho intramolecular Hbond substituents is 1. The number of anilines is 1. The number of hydrogen-bond donors (Lipinski definition) is 2. The Balaban J connectivity index is 1.23. The van der Waals surface area contributed by atoms with Gasteiger partial charge in [0.2, 0.25) is 0 Å². The fourth-order valence-corrected chi connectivity index (χ4v) is 7.79. The molecule has 2 bridgehead atoms. The lowest BCUT2D eigenvalue weighted by molar-refractivity contribution is 0.107. The summed E-state index contributed by atoms with van der Waals surface area (Å²) in [5.41, 5.74) is 3.39. The summed E-state index contributed by atoms with van der Waals surface area (Å²) >= 11 is 0. The second-order valence-corrected chi connectivity index (χ2v) is 12.4. The van der Waals surface area contributed by atoms with Gasteiger partial charge in [0.25, 0.3) is 0 Å². The lowest BCUT2D eigenvalue weighted by Crippen LogP contribution is -2.51. The summed E-state index contributed by atoms with van der Waals surface area (Å²) < 4.78 is 20.8. The molecule has 2 aromatic carbocycles. The maximum Gasteiger partial charge on any atom is 0.319 e. The molecule has 4 atom stereocenters. The third kappa shape index (κ3) is 4.24. The van der Waals surface area contributed by atoms with Crippen molar-refractivity contribution in [3.05, 3.63) is 48.2 Å². The van der Waals surface area contributed by atoms with Crippen LogP contribution in [0.3, 0.4) is 0 Å². The first kappa shape index (κ1) is 25.7. The van der Waals surface area contributed by atoms with Crippen LogP contribution in [0.15, 0.2) is 42.6 Å². The van der Waals surface area contributed by atoms with Crippen LogP contribution in [0, 0.1) is 12.3 Å². The Kier molecular flexibility index (Phi) is 5.99.